The van der Waals surface area contributed by atoms with E-state index in [2.05, 4.69) is 14.9 Å². The molecule has 31 heavy (non-hydrogen) atoms. The Morgan fingerprint density at radius 1 is 1.10 bits per heavy atom. The van der Waals surface area contributed by atoms with Gasteiger partial charge in [0, 0.05) is 49.2 Å². The summed E-state index contributed by atoms with van der Waals surface area (Å²) in [5, 5.41) is 12.3. The summed E-state index contributed by atoms with van der Waals surface area (Å²) in [6.07, 6.45) is 1.81. The number of amides is 1. The Hall–Kier alpha value is -2.44. The summed E-state index contributed by atoms with van der Waals surface area (Å²) in [6.45, 7) is 2.69. The molecule has 3 rings (SSSR count). The lowest BCUT2D eigenvalue weighted by Gasteiger charge is -2.32. The van der Waals surface area contributed by atoms with Crippen molar-refractivity contribution in [2.45, 2.75) is 36.7 Å². The second-order valence-electron chi connectivity index (χ2n) is 7.48. The number of likely N-dealkylation sites (tertiary alicyclic amines) is 1. The fourth-order valence-electron chi connectivity index (χ4n) is 3.46. The van der Waals surface area contributed by atoms with Crippen LogP contribution >= 0.6 is 11.6 Å². The van der Waals surface area contributed by atoms with Crippen LogP contribution in [0.25, 0.3) is 0 Å². The molecule has 1 aliphatic heterocycles. The molecule has 0 bridgehead atoms. The highest BCUT2D eigenvalue weighted by molar-refractivity contribution is 7.89. The monoisotopic (exact) mass is 460 g/mol. The van der Waals surface area contributed by atoms with E-state index in [0.29, 0.717) is 5.56 Å². The average Bonchev–Trinajstić information content (AvgIpc) is 2.77. The Bertz CT molecular complexity index is 1030. The smallest absolute Gasteiger partial charge is 0.251 e. The van der Waals surface area contributed by atoms with Gasteiger partial charge >= 0.3 is 0 Å². The van der Waals surface area contributed by atoms with Gasteiger partial charge in [0.15, 0.2) is 0 Å². The molecule has 7 nitrogen and oxygen atoms in total. The number of nitrogens with zero attached hydrogens (tertiary/aromatic N) is 2. The molecule has 2 aromatic carbocycles. The molecule has 0 aromatic heterocycles. The molecule has 9 heteroatoms. The van der Waals surface area contributed by atoms with Gasteiger partial charge in [0.1, 0.15) is 0 Å². The Morgan fingerprint density at radius 3 is 2.35 bits per heavy atom. The Morgan fingerprint density at radius 2 is 1.74 bits per heavy atom. The Kier molecular flexibility index (Phi) is 8.04. The van der Waals surface area contributed by atoms with Gasteiger partial charge in [-0.15, -0.1) is 0 Å². The van der Waals surface area contributed by atoms with Gasteiger partial charge in [-0.25, -0.2) is 13.1 Å². The summed E-state index contributed by atoms with van der Waals surface area (Å²) in [7, 11) is -3.68. The zero-order valence-electron chi connectivity index (χ0n) is 17.1. The predicted molar refractivity (Wildman–Crippen MR) is 119 cm³/mol. The highest BCUT2D eigenvalue weighted by Gasteiger charge is 2.22. The van der Waals surface area contributed by atoms with Gasteiger partial charge in [0.25, 0.3) is 5.91 Å². The lowest BCUT2D eigenvalue weighted by molar-refractivity contribution is 0.0909. The SMILES string of the molecule is N#CCCNS(=O)(=O)c1ccc(C(=O)NC2CCN(Cc3ccc(Cl)cc3)CC2)cc1. The van der Waals surface area contributed by atoms with Crippen LogP contribution < -0.4 is 10.0 Å². The number of carbonyl (C=O) groups excluding carboxylic acids is 1. The van der Waals surface area contributed by atoms with Crippen molar-refractivity contribution < 1.29 is 13.2 Å². The summed E-state index contributed by atoms with van der Waals surface area (Å²) in [5.41, 5.74) is 1.63. The molecule has 0 atom stereocenters. The highest BCUT2D eigenvalue weighted by Crippen LogP contribution is 2.17. The summed E-state index contributed by atoms with van der Waals surface area (Å²) in [4.78, 5) is 15.0. The number of benzene rings is 2. The number of hydrogen-bond donors (Lipinski definition) is 2. The first kappa shape index (κ1) is 23.2. The molecule has 1 saturated heterocycles. The Balaban J connectivity index is 1.48. The first-order chi connectivity index (χ1) is 14.9. The number of nitriles is 1. The molecule has 0 aliphatic carbocycles. The Labute approximate surface area is 188 Å². The van der Waals surface area contributed by atoms with Crippen molar-refractivity contribution in [3.05, 3.63) is 64.7 Å². The van der Waals surface area contributed by atoms with Crippen molar-refractivity contribution in [3.8, 4) is 6.07 Å². The van der Waals surface area contributed by atoms with Crippen molar-refractivity contribution in [1.29, 1.82) is 5.26 Å². The standard InChI is InChI=1S/C22H25ClN4O3S/c23-19-6-2-17(3-7-19)16-27-14-10-20(11-15-27)26-22(28)18-4-8-21(9-5-18)31(29,30)25-13-1-12-24/h2-9,20,25H,1,10-11,13-16H2,(H,26,28). The van der Waals surface area contributed by atoms with Crippen LogP contribution in [0.15, 0.2) is 53.4 Å². The molecule has 164 valence electrons. The van der Waals surface area contributed by atoms with Crippen LogP contribution in [0.3, 0.4) is 0 Å². The van der Waals surface area contributed by atoms with Crippen LogP contribution in [0.4, 0.5) is 0 Å². The zero-order chi connectivity index (χ0) is 22.3. The molecule has 1 amide bonds. The number of piperidine rings is 1. The predicted octanol–water partition coefficient (Wildman–Crippen LogP) is 2.93. The minimum Gasteiger partial charge on any atom is -0.349 e. The fourth-order valence-corrected chi connectivity index (χ4v) is 4.62. The van der Waals surface area contributed by atoms with E-state index in [1.54, 1.807) is 0 Å². The summed E-state index contributed by atoms with van der Waals surface area (Å²) >= 11 is 5.93. The van der Waals surface area contributed by atoms with Gasteiger partial charge in [-0.2, -0.15) is 5.26 Å². The lowest BCUT2D eigenvalue weighted by atomic mass is 10.0. The van der Waals surface area contributed by atoms with E-state index in [4.69, 9.17) is 16.9 Å². The first-order valence-electron chi connectivity index (χ1n) is 10.1. The van der Waals surface area contributed by atoms with E-state index in [0.717, 1.165) is 37.5 Å². The molecular weight excluding hydrogens is 436 g/mol. The van der Waals surface area contributed by atoms with Gasteiger partial charge in [0.05, 0.1) is 11.0 Å². The number of nitrogens with one attached hydrogen (secondary N) is 2. The molecule has 2 N–H and O–H groups in total. The number of hydrogen-bond acceptors (Lipinski definition) is 5. The number of rotatable bonds is 8. The highest BCUT2D eigenvalue weighted by atomic mass is 35.5. The molecule has 2 aromatic rings. The maximum atomic E-state index is 12.6. The molecule has 1 heterocycles. The van der Waals surface area contributed by atoms with Crippen molar-refractivity contribution in [2.24, 2.45) is 0 Å². The molecular formula is C22H25ClN4O3S. The second kappa shape index (κ2) is 10.7. The van der Waals surface area contributed by atoms with E-state index in [1.165, 1.54) is 29.8 Å². The van der Waals surface area contributed by atoms with E-state index >= 15 is 0 Å². The lowest BCUT2D eigenvalue weighted by Crippen LogP contribution is -2.44. The zero-order valence-corrected chi connectivity index (χ0v) is 18.6. The van der Waals surface area contributed by atoms with Gasteiger partial charge in [-0.3, -0.25) is 9.69 Å². The summed E-state index contributed by atoms with van der Waals surface area (Å²) in [6, 6.07) is 15.6. The topological polar surface area (TPSA) is 102 Å². The van der Waals surface area contributed by atoms with Gasteiger partial charge in [-0.05, 0) is 54.8 Å². The number of carbonyl (C=O) groups is 1. The van der Waals surface area contributed by atoms with Gasteiger partial charge in [0.2, 0.25) is 10.0 Å². The number of halogens is 1. The van der Waals surface area contributed by atoms with Crippen LogP contribution in [0, 0.1) is 11.3 Å². The van der Waals surface area contributed by atoms with Crippen LogP contribution in [0.5, 0.6) is 0 Å². The van der Waals surface area contributed by atoms with E-state index in [9.17, 15) is 13.2 Å². The van der Waals surface area contributed by atoms with Crippen molar-refractivity contribution in [3.63, 3.8) is 0 Å². The van der Waals surface area contributed by atoms with Crippen LogP contribution in [0.2, 0.25) is 5.02 Å². The third kappa shape index (κ3) is 6.77. The largest absolute Gasteiger partial charge is 0.349 e. The van der Waals surface area contributed by atoms with Crippen molar-refractivity contribution in [2.75, 3.05) is 19.6 Å². The van der Waals surface area contributed by atoms with Crippen molar-refractivity contribution in [1.82, 2.24) is 14.9 Å². The van der Waals surface area contributed by atoms with Crippen LogP contribution in [-0.2, 0) is 16.6 Å². The van der Waals surface area contributed by atoms with Crippen molar-refractivity contribution >= 4 is 27.5 Å². The molecule has 1 fully saturated rings. The van der Waals surface area contributed by atoms with E-state index in [1.807, 2.05) is 30.3 Å². The molecule has 0 radical (unpaired) electrons. The van der Waals surface area contributed by atoms with Gasteiger partial charge in [-0.1, -0.05) is 23.7 Å². The molecule has 0 spiro atoms. The minimum absolute atomic E-state index is 0.0534. The van der Waals surface area contributed by atoms with Crippen LogP contribution in [0.1, 0.15) is 35.2 Å². The normalized spacial score (nSPS) is 15.4. The number of sulfonamides is 1. The van der Waals surface area contributed by atoms with Crippen LogP contribution in [-0.4, -0.2) is 44.9 Å². The average molecular weight is 461 g/mol. The quantitative estimate of drug-likeness (QED) is 0.589. The molecule has 1 aliphatic rings. The third-order valence-electron chi connectivity index (χ3n) is 5.20. The minimum atomic E-state index is -3.68. The molecule has 0 saturated carbocycles. The van der Waals surface area contributed by atoms with E-state index < -0.39 is 10.0 Å². The first-order valence-corrected chi connectivity index (χ1v) is 12.0. The fraction of sp³-hybridized carbons (Fsp3) is 0.364. The maximum absolute atomic E-state index is 12.6. The van der Waals surface area contributed by atoms with E-state index in [-0.39, 0.29) is 29.8 Å². The third-order valence-corrected chi connectivity index (χ3v) is 6.93. The summed E-state index contributed by atoms with van der Waals surface area (Å²) < 4.78 is 26.7. The maximum Gasteiger partial charge on any atom is 0.251 e. The summed E-state index contributed by atoms with van der Waals surface area (Å²) in [5.74, 6) is -0.211. The van der Waals surface area contributed by atoms with Gasteiger partial charge < -0.3 is 5.32 Å². The second-order valence-corrected chi connectivity index (χ2v) is 9.68. The molecule has 0 unspecified atom stereocenters.